The van der Waals surface area contributed by atoms with Crippen molar-refractivity contribution in [1.82, 2.24) is 0 Å². The molecular weight excluding hydrogens is 228 g/mol. The summed E-state index contributed by atoms with van der Waals surface area (Å²) in [4.78, 5) is 0. The van der Waals surface area contributed by atoms with Gasteiger partial charge in [-0.2, -0.15) is 0 Å². The van der Waals surface area contributed by atoms with Crippen molar-refractivity contribution in [2.24, 2.45) is 0 Å². The van der Waals surface area contributed by atoms with E-state index in [1.165, 1.54) is 76.2 Å². The molecule has 1 aliphatic rings. The largest absolute Gasteiger partial charge is 0.0654 e. The lowest BCUT2D eigenvalue weighted by Crippen LogP contribution is -1.93. The van der Waals surface area contributed by atoms with E-state index in [2.05, 4.69) is 31.2 Å². The molecule has 0 amide bonds. The fourth-order valence-corrected chi connectivity index (χ4v) is 3.33. The van der Waals surface area contributed by atoms with E-state index in [0.717, 1.165) is 5.92 Å². The predicted octanol–water partition coefficient (Wildman–Crippen LogP) is 6.25. The standard InChI is InChI=1S/C19H30/c1-2-3-4-5-6-7-10-17-13-15-19(16-14-17)18-11-8-9-12-18/h13-16,18H,2-12H2,1H3. The van der Waals surface area contributed by atoms with Gasteiger partial charge in [0.05, 0.1) is 0 Å². The van der Waals surface area contributed by atoms with Crippen LogP contribution in [0.5, 0.6) is 0 Å². The topological polar surface area (TPSA) is 0 Å². The van der Waals surface area contributed by atoms with Gasteiger partial charge in [-0.1, -0.05) is 76.1 Å². The molecule has 0 aliphatic heterocycles. The minimum Gasteiger partial charge on any atom is -0.0654 e. The highest BCUT2D eigenvalue weighted by Crippen LogP contribution is 2.34. The Hall–Kier alpha value is -0.780. The summed E-state index contributed by atoms with van der Waals surface area (Å²) in [6, 6.07) is 9.53. The summed E-state index contributed by atoms with van der Waals surface area (Å²) in [7, 11) is 0. The minimum atomic E-state index is 0.864. The van der Waals surface area contributed by atoms with E-state index < -0.39 is 0 Å². The third-order valence-corrected chi connectivity index (χ3v) is 4.63. The highest BCUT2D eigenvalue weighted by atomic mass is 14.2. The molecule has 1 aromatic carbocycles. The molecule has 0 radical (unpaired) electrons. The normalized spacial score (nSPS) is 16.1. The van der Waals surface area contributed by atoms with Crippen molar-refractivity contribution in [3.63, 3.8) is 0 Å². The summed E-state index contributed by atoms with van der Waals surface area (Å²) >= 11 is 0. The van der Waals surface area contributed by atoms with Crippen LogP contribution in [0.1, 0.15) is 88.2 Å². The molecule has 0 heteroatoms. The molecule has 106 valence electrons. The SMILES string of the molecule is CCCCCCCCc1ccc(C2CCCC2)cc1. The average Bonchev–Trinajstić information content (AvgIpc) is 2.97. The maximum absolute atomic E-state index is 2.39. The molecular formula is C19H30. The highest BCUT2D eigenvalue weighted by molar-refractivity contribution is 5.26. The number of hydrogen-bond donors (Lipinski definition) is 0. The first-order valence-corrected chi connectivity index (χ1v) is 8.49. The van der Waals surface area contributed by atoms with Gasteiger partial charge >= 0.3 is 0 Å². The van der Waals surface area contributed by atoms with E-state index in [4.69, 9.17) is 0 Å². The van der Waals surface area contributed by atoms with Crippen LogP contribution in [0.2, 0.25) is 0 Å². The fraction of sp³-hybridized carbons (Fsp3) is 0.684. The van der Waals surface area contributed by atoms with Gasteiger partial charge in [-0.3, -0.25) is 0 Å². The van der Waals surface area contributed by atoms with Crippen molar-refractivity contribution in [2.75, 3.05) is 0 Å². The van der Waals surface area contributed by atoms with Crippen molar-refractivity contribution in [2.45, 2.75) is 83.5 Å². The number of rotatable bonds is 8. The minimum absolute atomic E-state index is 0.864. The fourth-order valence-electron chi connectivity index (χ4n) is 3.33. The molecule has 0 N–H and O–H groups in total. The van der Waals surface area contributed by atoms with Gasteiger partial charge in [-0.05, 0) is 42.7 Å². The smallest absolute Gasteiger partial charge is 0.0162 e. The van der Waals surface area contributed by atoms with Gasteiger partial charge in [-0.15, -0.1) is 0 Å². The quantitative estimate of drug-likeness (QED) is 0.484. The maximum Gasteiger partial charge on any atom is -0.0162 e. The van der Waals surface area contributed by atoms with Crippen LogP contribution in [-0.4, -0.2) is 0 Å². The molecule has 0 bridgehead atoms. The van der Waals surface area contributed by atoms with E-state index in [1.807, 2.05) is 0 Å². The lowest BCUT2D eigenvalue weighted by molar-refractivity contribution is 0.607. The van der Waals surface area contributed by atoms with Crippen molar-refractivity contribution in [1.29, 1.82) is 0 Å². The van der Waals surface area contributed by atoms with E-state index in [0.29, 0.717) is 0 Å². The Bertz CT molecular complexity index is 330. The monoisotopic (exact) mass is 258 g/mol. The van der Waals surface area contributed by atoms with E-state index >= 15 is 0 Å². The summed E-state index contributed by atoms with van der Waals surface area (Å²) in [5, 5.41) is 0. The van der Waals surface area contributed by atoms with Crippen LogP contribution in [-0.2, 0) is 6.42 Å². The lowest BCUT2D eigenvalue weighted by Gasteiger charge is -2.10. The van der Waals surface area contributed by atoms with E-state index in [-0.39, 0.29) is 0 Å². The Morgan fingerprint density at radius 2 is 1.47 bits per heavy atom. The first-order chi connectivity index (χ1) is 9.40. The van der Waals surface area contributed by atoms with E-state index in [1.54, 1.807) is 5.56 Å². The average molecular weight is 258 g/mol. The lowest BCUT2D eigenvalue weighted by atomic mass is 9.95. The molecule has 2 rings (SSSR count). The van der Waals surface area contributed by atoms with Crippen molar-refractivity contribution >= 4 is 0 Å². The Balaban J connectivity index is 1.67. The van der Waals surface area contributed by atoms with Crippen LogP contribution >= 0.6 is 0 Å². The molecule has 0 atom stereocenters. The second-order valence-corrected chi connectivity index (χ2v) is 6.24. The van der Waals surface area contributed by atoms with Gasteiger partial charge in [0.2, 0.25) is 0 Å². The summed E-state index contributed by atoms with van der Waals surface area (Å²) in [5.74, 6) is 0.864. The van der Waals surface area contributed by atoms with E-state index in [9.17, 15) is 0 Å². The molecule has 0 aromatic heterocycles. The summed E-state index contributed by atoms with van der Waals surface area (Å²) in [6.07, 6.45) is 15.4. The molecule has 0 saturated heterocycles. The van der Waals surface area contributed by atoms with Crippen molar-refractivity contribution in [3.8, 4) is 0 Å². The number of hydrogen-bond acceptors (Lipinski definition) is 0. The molecule has 0 spiro atoms. The molecule has 1 saturated carbocycles. The van der Waals surface area contributed by atoms with Crippen LogP contribution in [0, 0.1) is 0 Å². The van der Waals surface area contributed by atoms with Crippen LogP contribution in [0.15, 0.2) is 24.3 Å². The third kappa shape index (κ3) is 5.01. The summed E-state index contributed by atoms with van der Waals surface area (Å²) < 4.78 is 0. The van der Waals surface area contributed by atoms with Gasteiger partial charge in [0.15, 0.2) is 0 Å². The van der Waals surface area contributed by atoms with Crippen LogP contribution < -0.4 is 0 Å². The number of unbranched alkanes of at least 4 members (excludes halogenated alkanes) is 5. The summed E-state index contributed by atoms with van der Waals surface area (Å²) in [5.41, 5.74) is 3.13. The first kappa shape index (κ1) is 14.6. The number of aryl methyl sites for hydroxylation is 1. The molecule has 19 heavy (non-hydrogen) atoms. The Morgan fingerprint density at radius 3 is 2.16 bits per heavy atom. The Morgan fingerprint density at radius 1 is 0.842 bits per heavy atom. The molecule has 0 nitrogen and oxygen atoms in total. The molecule has 1 fully saturated rings. The predicted molar refractivity (Wildman–Crippen MR) is 84.7 cm³/mol. The zero-order valence-corrected chi connectivity index (χ0v) is 12.7. The zero-order valence-electron chi connectivity index (χ0n) is 12.7. The third-order valence-electron chi connectivity index (χ3n) is 4.63. The van der Waals surface area contributed by atoms with Gasteiger partial charge < -0.3 is 0 Å². The molecule has 1 aromatic rings. The van der Waals surface area contributed by atoms with Gasteiger partial charge in [-0.25, -0.2) is 0 Å². The molecule has 1 aliphatic carbocycles. The molecule has 0 unspecified atom stereocenters. The Kier molecular flexibility index (Phi) is 6.47. The van der Waals surface area contributed by atoms with Gasteiger partial charge in [0.1, 0.15) is 0 Å². The van der Waals surface area contributed by atoms with Crippen LogP contribution in [0.25, 0.3) is 0 Å². The molecule has 0 heterocycles. The van der Waals surface area contributed by atoms with Crippen LogP contribution in [0.4, 0.5) is 0 Å². The van der Waals surface area contributed by atoms with Crippen LogP contribution in [0.3, 0.4) is 0 Å². The second kappa shape index (κ2) is 8.40. The summed E-state index contributed by atoms with van der Waals surface area (Å²) in [6.45, 7) is 2.28. The number of benzene rings is 1. The zero-order chi connectivity index (χ0) is 13.3. The first-order valence-electron chi connectivity index (χ1n) is 8.49. The highest BCUT2D eigenvalue weighted by Gasteiger charge is 2.16. The van der Waals surface area contributed by atoms with Gasteiger partial charge in [0, 0.05) is 0 Å². The maximum atomic E-state index is 2.39. The van der Waals surface area contributed by atoms with Crippen molar-refractivity contribution < 1.29 is 0 Å². The Labute approximate surface area is 119 Å². The second-order valence-electron chi connectivity index (χ2n) is 6.24. The van der Waals surface area contributed by atoms with Gasteiger partial charge in [0.25, 0.3) is 0 Å². The van der Waals surface area contributed by atoms with Crippen molar-refractivity contribution in [3.05, 3.63) is 35.4 Å².